The smallest absolute Gasteiger partial charge is 0.282 e. The van der Waals surface area contributed by atoms with Gasteiger partial charge in [-0.05, 0) is 31.4 Å². The summed E-state index contributed by atoms with van der Waals surface area (Å²) < 4.78 is 28.2. The fraction of sp³-hybridized carbons (Fsp3) is 0.571. The third kappa shape index (κ3) is 3.03. The lowest BCUT2D eigenvalue weighted by atomic mass is 10.0. The Morgan fingerprint density at radius 3 is 2.55 bits per heavy atom. The van der Waals surface area contributed by atoms with Crippen molar-refractivity contribution < 1.29 is 13.5 Å². The van der Waals surface area contributed by atoms with Crippen LogP contribution in [0.3, 0.4) is 0 Å². The summed E-state index contributed by atoms with van der Waals surface area (Å²) in [5, 5.41) is 9.08. The summed E-state index contributed by atoms with van der Waals surface area (Å²) >= 11 is 0. The Morgan fingerprint density at radius 2 is 1.95 bits per heavy atom. The second-order valence-electron chi connectivity index (χ2n) is 5.29. The highest BCUT2D eigenvalue weighted by molar-refractivity contribution is 7.86. The lowest BCUT2D eigenvalue weighted by Crippen LogP contribution is -2.49. The average molecular weight is 298 g/mol. The highest BCUT2D eigenvalue weighted by Crippen LogP contribution is 2.23. The van der Waals surface area contributed by atoms with E-state index in [1.54, 1.807) is 0 Å². The Labute approximate surface area is 121 Å². The van der Waals surface area contributed by atoms with Crippen molar-refractivity contribution in [2.75, 3.05) is 19.7 Å². The number of aliphatic hydroxyl groups is 1. The minimum Gasteiger partial charge on any atom is -0.395 e. The maximum Gasteiger partial charge on any atom is 0.282 e. The molecule has 112 valence electrons. The molecule has 0 aromatic heterocycles. The molecule has 0 amide bonds. The molecular weight excluding hydrogens is 276 g/mol. The van der Waals surface area contributed by atoms with E-state index in [2.05, 4.69) is 0 Å². The van der Waals surface area contributed by atoms with Crippen LogP contribution >= 0.6 is 0 Å². The van der Waals surface area contributed by atoms with Gasteiger partial charge in [0.1, 0.15) is 0 Å². The number of fused-ring (bicyclic) bond motifs is 1. The molecule has 0 unspecified atom stereocenters. The maximum atomic E-state index is 12.7. The highest BCUT2D eigenvalue weighted by atomic mass is 32.2. The third-order valence-corrected chi connectivity index (χ3v) is 5.78. The van der Waals surface area contributed by atoms with E-state index in [0.29, 0.717) is 13.1 Å². The minimum absolute atomic E-state index is 0.137. The van der Waals surface area contributed by atoms with Crippen molar-refractivity contribution in [3.8, 4) is 0 Å². The summed E-state index contributed by atoms with van der Waals surface area (Å²) in [6.45, 7) is 4.53. The lowest BCUT2D eigenvalue weighted by molar-refractivity contribution is 0.223. The van der Waals surface area contributed by atoms with E-state index in [1.807, 2.05) is 38.1 Å². The fourth-order valence-electron chi connectivity index (χ4n) is 2.55. The first-order chi connectivity index (χ1) is 9.46. The monoisotopic (exact) mass is 298 g/mol. The van der Waals surface area contributed by atoms with Crippen LogP contribution in [0.4, 0.5) is 0 Å². The largest absolute Gasteiger partial charge is 0.395 e. The van der Waals surface area contributed by atoms with Gasteiger partial charge in [-0.3, -0.25) is 0 Å². The summed E-state index contributed by atoms with van der Waals surface area (Å²) in [7, 11) is -3.52. The second kappa shape index (κ2) is 6.22. The van der Waals surface area contributed by atoms with Crippen LogP contribution in [-0.4, -0.2) is 47.9 Å². The Hall–Kier alpha value is -0.950. The standard InChI is InChI=1S/C14H22N2O3S/c1-12(2)16(9-10-17)20(18,19)15-8-7-13-5-3-4-6-14(13)11-15/h3-6,12,17H,7-11H2,1-2H3. The molecule has 2 rings (SSSR count). The van der Waals surface area contributed by atoms with Crippen LogP contribution in [0.5, 0.6) is 0 Å². The Kier molecular flexibility index (Phi) is 4.80. The van der Waals surface area contributed by atoms with E-state index in [1.165, 1.54) is 14.2 Å². The molecule has 0 spiro atoms. The molecule has 1 aliphatic rings. The number of aliphatic hydroxyl groups excluding tert-OH is 1. The second-order valence-corrected chi connectivity index (χ2v) is 7.17. The van der Waals surface area contributed by atoms with Crippen LogP contribution in [0.2, 0.25) is 0 Å². The SMILES string of the molecule is CC(C)N(CCO)S(=O)(=O)N1CCc2ccccc2C1. The van der Waals surface area contributed by atoms with Crippen molar-refractivity contribution in [3.05, 3.63) is 35.4 Å². The van der Waals surface area contributed by atoms with E-state index >= 15 is 0 Å². The molecule has 0 radical (unpaired) electrons. The van der Waals surface area contributed by atoms with Crippen molar-refractivity contribution >= 4 is 10.2 Å². The zero-order valence-electron chi connectivity index (χ0n) is 12.0. The summed E-state index contributed by atoms with van der Waals surface area (Å²) in [6, 6.07) is 7.78. The van der Waals surface area contributed by atoms with Crippen molar-refractivity contribution in [3.63, 3.8) is 0 Å². The van der Waals surface area contributed by atoms with Gasteiger partial charge in [0.2, 0.25) is 0 Å². The molecule has 0 bridgehead atoms. The Balaban J connectivity index is 2.23. The third-order valence-electron chi connectivity index (χ3n) is 3.61. The molecule has 0 fully saturated rings. The van der Waals surface area contributed by atoms with Crippen LogP contribution in [-0.2, 0) is 23.2 Å². The molecular formula is C14H22N2O3S. The van der Waals surface area contributed by atoms with E-state index in [0.717, 1.165) is 12.0 Å². The number of hydrogen-bond donors (Lipinski definition) is 1. The number of hydrogen-bond acceptors (Lipinski definition) is 3. The van der Waals surface area contributed by atoms with Gasteiger partial charge in [0.15, 0.2) is 0 Å². The first kappa shape index (κ1) is 15.4. The quantitative estimate of drug-likeness (QED) is 0.882. The molecule has 0 saturated heterocycles. The number of benzene rings is 1. The topological polar surface area (TPSA) is 60.9 Å². The fourth-order valence-corrected chi connectivity index (χ4v) is 4.32. The maximum absolute atomic E-state index is 12.7. The molecule has 0 saturated carbocycles. The zero-order chi connectivity index (χ0) is 14.8. The predicted molar refractivity (Wildman–Crippen MR) is 78.4 cm³/mol. The average Bonchev–Trinajstić information content (AvgIpc) is 2.43. The van der Waals surface area contributed by atoms with Crippen LogP contribution < -0.4 is 0 Å². The van der Waals surface area contributed by atoms with Crippen molar-refractivity contribution in [2.45, 2.75) is 32.9 Å². The predicted octanol–water partition coefficient (Wildman–Crippen LogP) is 0.992. The number of rotatable bonds is 5. The van der Waals surface area contributed by atoms with Gasteiger partial charge in [0.25, 0.3) is 10.2 Å². The molecule has 1 heterocycles. The first-order valence-corrected chi connectivity index (χ1v) is 8.31. The van der Waals surface area contributed by atoms with Crippen LogP contribution in [0.15, 0.2) is 24.3 Å². The van der Waals surface area contributed by atoms with Gasteiger partial charge in [-0.1, -0.05) is 24.3 Å². The summed E-state index contributed by atoms with van der Waals surface area (Å²) in [5.41, 5.74) is 2.28. The molecule has 0 atom stereocenters. The van der Waals surface area contributed by atoms with Crippen LogP contribution in [0, 0.1) is 0 Å². The molecule has 1 aromatic carbocycles. The van der Waals surface area contributed by atoms with Crippen molar-refractivity contribution in [2.24, 2.45) is 0 Å². The number of nitrogens with zero attached hydrogens (tertiary/aromatic N) is 2. The Morgan fingerprint density at radius 1 is 1.30 bits per heavy atom. The minimum atomic E-state index is -3.52. The van der Waals surface area contributed by atoms with E-state index in [4.69, 9.17) is 5.11 Å². The molecule has 5 nitrogen and oxygen atoms in total. The van der Waals surface area contributed by atoms with Gasteiger partial charge >= 0.3 is 0 Å². The van der Waals surface area contributed by atoms with Crippen LogP contribution in [0.25, 0.3) is 0 Å². The summed E-state index contributed by atoms with van der Waals surface area (Å²) in [4.78, 5) is 0. The normalized spacial score (nSPS) is 16.6. The van der Waals surface area contributed by atoms with Crippen molar-refractivity contribution in [1.29, 1.82) is 0 Å². The summed E-state index contributed by atoms with van der Waals surface area (Å²) in [6.07, 6.45) is 0.737. The van der Waals surface area contributed by atoms with E-state index < -0.39 is 10.2 Å². The molecule has 0 aliphatic carbocycles. The Bertz CT molecular complexity index is 557. The molecule has 1 aromatic rings. The molecule has 6 heteroatoms. The van der Waals surface area contributed by atoms with Gasteiger partial charge in [-0.2, -0.15) is 17.0 Å². The molecule has 1 N–H and O–H groups in total. The zero-order valence-corrected chi connectivity index (χ0v) is 12.8. The molecule has 1 aliphatic heterocycles. The van der Waals surface area contributed by atoms with Crippen molar-refractivity contribution in [1.82, 2.24) is 8.61 Å². The van der Waals surface area contributed by atoms with Gasteiger partial charge in [-0.15, -0.1) is 0 Å². The van der Waals surface area contributed by atoms with Gasteiger partial charge in [0, 0.05) is 25.7 Å². The molecule has 20 heavy (non-hydrogen) atoms. The first-order valence-electron chi connectivity index (χ1n) is 6.91. The highest BCUT2D eigenvalue weighted by Gasteiger charge is 2.33. The van der Waals surface area contributed by atoms with Gasteiger partial charge < -0.3 is 5.11 Å². The summed E-state index contributed by atoms with van der Waals surface area (Å²) in [5.74, 6) is 0. The van der Waals surface area contributed by atoms with Gasteiger partial charge in [-0.25, -0.2) is 0 Å². The lowest BCUT2D eigenvalue weighted by Gasteiger charge is -2.34. The van der Waals surface area contributed by atoms with Crippen LogP contribution in [0.1, 0.15) is 25.0 Å². The van der Waals surface area contributed by atoms with E-state index in [-0.39, 0.29) is 19.2 Å². The van der Waals surface area contributed by atoms with E-state index in [9.17, 15) is 8.42 Å². The van der Waals surface area contributed by atoms with Gasteiger partial charge in [0.05, 0.1) is 6.61 Å².